The van der Waals surface area contributed by atoms with Crippen molar-refractivity contribution in [3.8, 4) is 5.69 Å². The molecule has 0 bridgehead atoms. The standard InChI is InChI=1S/C21H20N4O/c1-14-6-7-19(22-11-14)17-10-15(17)12-24-13-18-16(21(24)26)4-2-5-20(18)25-9-3-8-23-25/h2-9,11,15,17H,10,12-13H2,1H3/t15?,17-/m1/s1. The minimum Gasteiger partial charge on any atom is -0.334 e. The number of carbonyl (C=O) groups is 1. The van der Waals surface area contributed by atoms with Gasteiger partial charge in [-0.1, -0.05) is 12.1 Å². The maximum Gasteiger partial charge on any atom is 0.254 e. The Morgan fingerprint density at radius 2 is 2.12 bits per heavy atom. The zero-order valence-electron chi connectivity index (χ0n) is 14.7. The third-order valence-corrected chi connectivity index (χ3v) is 5.46. The zero-order valence-corrected chi connectivity index (χ0v) is 14.7. The third-order valence-electron chi connectivity index (χ3n) is 5.46. The fraction of sp³-hybridized carbons (Fsp3) is 0.286. The number of nitrogens with zero attached hydrogens (tertiary/aromatic N) is 4. The Morgan fingerprint density at radius 3 is 2.88 bits per heavy atom. The molecule has 0 N–H and O–H groups in total. The Morgan fingerprint density at radius 1 is 1.19 bits per heavy atom. The number of rotatable bonds is 4. The van der Waals surface area contributed by atoms with Crippen molar-refractivity contribution in [1.82, 2.24) is 19.7 Å². The van der Waals surface area contributed by atoms with Gasteiger partial charge in [-0.05, 0) is 49.1 Å². The van der Waals surface area contributed by atoms with E-state index < -0.39 is 0 Å². The van der Waals surface area contributed by atoms with Gasteiger partial charge in [0, 0.05) is 54.4 Å². The summed E-state index contributed by atoms with van der Waals surface area (Å²) in [4.78, 5) is 19.4. The van der Waals surface area contributed by atoms with Gasteiger partial charge in [0.1, 0.15) is 0 Å². The molecule has 1 saturated carbocycles. The van der Waals surface area contributed by atoms with E-state index in [4.69, 9.17) is 0 Å². The number of hydrogen-bond donors (Lipinski definition) is 0. The third kappa shape index (κ3) is 2.51. The topological polar surface area (TPSA) is 51.0 Å². The molecule has 0 radical (unpaired) electrons. The van der Waals surface area contributed by atoms with Crippen LogP contribution in [0.1, 0.15) is 39.5 Å². The summed E-state index contributed by atoms with van der Waals surface area (Å²) in [6.07, 6.45) is 6.72. The lowest BCUT2D eigenvalue weighted by atomic mass is 10.1. The lowest BCUT2D eigenvalue weighted by Crippen LogP contribution is -2.26. The Hall–Kier alpha value is -2.95. The highest BCUT2D eigenvalue weighted by Gasteiger charge is 2.42. The van der Waals surface area contributed by atoms with E-state index in [9.17, 15) is 4.79 Å². The summed E-state index contributed by atoms with van der Waals surface area (Å²) >= 11 is 0. The second kappa shape index (κ2) is 5.80. The first kappa shape index (κ1) is 15.3. The van der Waals surface area contributed by atoms with Gasteiger partial charge in [0.15, 0.2) is 0 Å². The minimum atomic E-state index is 0.136. The molecule has 5 nitrogen and oxygen atoms in total. The number of pyridine rings is 1. The molecule has 5 heteroatoms. The number of amides is 1. The van der Waals surface area contributed by atoms with Crippen LogP contribution < -0.4 is 0 Å². The molecule has 130 valence electrons. The number of aryl methyl sites for hydroxylation is 1. The van der Waals surface area contributed by atoms with E-state index in [1.54, 1.807) is 6.20 Å². The number of carbonyl (C=O) groups excluding carboxylic acids is 1. The molecule has 5 rings (SSSR count). The van der Waals surface area contributed by atoms with Crippen molar-refractivity contribution in [3.63, 3.8) is 0 Å². The van der Waals surface area contributed by atoms with Crippen LogP contribution >= 0.6 is 0 Å². The zero-order chi connectivity index (χ0) is 17.7. The monoisotopic (exact) mass is 344 g/mol. The van der Waals surface area contributed by atoms with Crippen molar-refractivity contribution in [1.29, 1.82) is 0 Å². The van der Waals surface area contributed by atoms with Gasteiger partial charge in [-0.15, -0.1) is 0 Å². The summed E-state index contributed by atoms with van der Waals surface area (Å²) in [5, 5.41) is 4.32. The molecule has 26 heavy (non-hydrogen) atoms. The number of fused-ring (bicyclic) bond motifs is 1. The molecule has 2 atom stereocenters. The van der Waals surface area contributed by atoms with Gasteiger partial charge in [0.05, 0.1) is 5.69 Å². The predicted octanol–water partition coefficient (Wildman–Crippen LogP) is 3.34. The van der Waals surface area contributed by atoms with Crippen LogP contribution in [0.25, 0.3) is 5.69 Å². The first-order valence-electron chi connectivity index (χ1n) is 9.04. The molecule has 0 spiro atoms. The normalized spacial score (nSPS) is 21.1. The molecule has 1 unspecified atom stereocenters. The molecule has 2 aromatic heterocycles. The van der Waals surface area contributed by atoms with Crippen LogP contribution in [-0.4, -0.2) is 32.1 Å². The van der Waals surface area contributed by atoms with Crippen molar-refractivity contribution in [3.05, 3.63) is 77.4 Å². The molecule has 1 fully saturated rings. The fourth-order valence-electron chi connectivity index (χ4n) is 3.94. The van der Waals surface area contributed by atoms with Crippen LogP contribution in [-0.2, 0) is 6.54 Å². The molecule has 2 aliphatic rings. The van der Waals surface area contributed by atoms with Crippen molar-refractivity contribution in [2.75, 3.05) is 6.54 Å². The second-order valence-electron chi connectivity index (χ2n) is 7.30. The molecule has 3 aromatic rings. The van der Waals surface area contributed by atoms with Gasteiger partial charge in [0.25, 0.3) is 5.91 Å². The quantitative estimate of drug-likeness (QED) is 0.729. The van der Waals surface area contributed by atoms with E-state index in [2.05, 4.69) is 29.1 Å². The Balaban J connectivity index is 1.34. The molecule has 1 aliphatic carbocycles. The summed E-state index contributed by atoms with van der Waals surface area (Å²) < 4.78 is 1.84. The number of hydrogen-bond acceptors (Lipinski definition) is 3. The largest absolute Gasteiger partial charge is 0.334 e. The van der Waals surface area contributed by atoms with Crippen LogP contribution in [0.4, 0.5) is 0 Å². The molecular weight excluding hydrogens is 324 g/mol. The summed E-state index contributed by atoms with van der Waals surface area (Å²) in [6.45, 7) is 3.51. The summed E-state index contributed by atoms with van der Waals surface area (Å²) in [5.41, 5.74) is 5.22. The Kier molecular flexibility index (Phi) is 3.42. The van der Waals surface area contributed by atoms with Crippen molar-refractivity contribution in [2.45, 2.75) is 25.8 Å². The van der Waals surface area contributed by atoms with E-state index in [0.717, 1.165) is 35.5 Å². The van der Waals surface area contributed by atoms with Gasteiger partial charge >= 0.3 is 0 Å². The van der Waals surface area contributed by atoms with Crippen LogP contribution in [0.3, 0.4) is 0 Å². The fourth-order valence-corrected chi connectivity index (χ4v) is 3.94. The molecule has 0 saturated heterocycles. The van der Waals surface area contributed by atoms with Crippen LogP contribution in [0.5, 0.6) is 0 Å². The second-order valence-corrected chi connectivity index (χ2v) is 7.30. The first-order chi connectivity index (χ1) is 12.7. The molecule has 3 heterocycles. The average Bonchev–Trinajstić information content (AvgIpc) is 3.06. The van der Waals surface area contributed by atoms with Crippen LogP contribution in [0.2, 0.25) is 0 Å². The number of benzene rings is 1. The summed E-state index contributed by atoms with van der Waals surface area (Å²) in [5.74, 6) is 1.13. The van der Waals surface area contributed by atoms with Gasteiger partial charge in [0.2, 0.25) is 0 Å². The average molecular weight is 344 g/mol. The summed E-state index contributed by atoms with van der Waals surface area (Å²) in [6, 6.07) is 12.0. The van der Waals surface area contributed by atoms with Gasteiger partial charge in [-0.2, -0.15) is 5.10 Å². The van der Waals surface area contributed by atoms with Crippen molar-refractivity contribution < 1.29 is 4.79 Å². The van der Waals surface area contributed by atoms with E-state index in [0.29, 0.717) is 18.4 Å². The van der Waals surface area contributed by atoms with Crippen LogP contribution in [0.15, 0.2) is 55.0 Å². The highest BCUT2D eigenvalue weighted by atomic mass is 16.2. The molecule has 1 aromatic carbocycles. The van der Waals surface area contributed by atoms with E-state index in [1.165, 1.54) is 5.56 Å². The maximum atomic E-state index is 12.9. The molecule has 1 aliphatic heterocycles. The smallest absolute Gasteiger partial charge is 0.254 e. The van der Waals surface area contributed by atoms with E-state index in [1.807, 2.05) is 46.2 Å². The minimum absolute atomic E-state index is 0.136. The highest BCUT2D eigenvalue weighted by Crippen LogP contribution is 2.47. The highest BCUT2D eigenvalue weighted by molar-refractivity contribution is 5.99. The van der Waals surface area contributed by atoms with Gasteiger partial charge in [-0.3, -0.25) is 9.78 Å². The Labute approximate surface area is 152 Å². The van der Waals surface area contributed by atoms with Crippen molar-refractivity contribution in [2.24, 2.45) is 5.92 Å². The van der Waals surface area contributed by atoms with E-state index in [-0.39, 0.29) is 5.91 Å². The lowest BCUT2D eigenvalue weighted by Gasteiger charge is -2.15. The maximum absolute atomic E-state index is 12.9. The van der Waals surface area contributed by atoms with Gasteiger partial charge < -0.3 is 4.90 Å². The number of aromatic nitrogens is 3. The van der Waals surface area contributed by atoms with Crippen LogP contribution in [0, 0.1) is 12.8 Å². The van der Waals surface area contributed by atoms with Gasteiger partial charge in [-0.25, -0.2) is 4.68 Å². The SMILES string of the molecule is Cc1ccc([C@@H]2CC2CN2Cc3c(cccc3-n3cccn3)C2=O)nc1. The Bertz CT molecular complexity index is 962. The van der Waals surface area contributed by atoms with E-state index >= 15 is 0 Å². The summed E-state index contributed by atoms with van der Waals surface area (Å²) in [7, 11) is 0. The predicted molar refractivity (Wildman–Crippen MR) is 98.1 cm³/mol. The first-order valence-corrected chi connectivity index (χ1v) is 9.04. The molecular formula is C21H20N4O. The van der Waals surface area contributed by atoms with Crippen molar-refractivity contribution >= 4 is 5.91 Å². The lowest BCUT2D eigenvalue weighted by molar-refractivity contribution is 0.0770. The molecule has 1 amide bonds.